The maximum Gasteiger partial charge on any atom is 0.230 e. The molecule has 0 aliphatic carbocycles. The Bertz CT molecular complexity index is 718. The Labute approximate surface area is 162 Å². The summed E-state index contributed by atoms with van der Waals surface area (Å²) in [5.41, 5.74) is 11.8. The van der Waals surface area contributed by atoms with Crippen LogP contribution in [0.5, 0.6) is 0 Å². The third-order valence-corrected chi connectivity index (χ3v) is 4.08. The first-order valence-electron chi connectivity index (χ1n) is 8.61. The Balaban J connectivity index is 2.28. The van der Waals surface area contributed by atoms with Crippen molar-refractivity contribution in [3.05, 3.63) is 71.8 Å². The zero-order valence-electron chi connectivity index (χ0n) is 15.3. The summed E-state index contributed by atoms with van der Waals surface area (Å²) in [4.78, 5) is 23.1. The molecule has 28 heavy (non-hydrogen) atoms. The Morgan fingerprint density at radius 1 is 0.714 bits per heavy atom. The number of hydrogen-bond acceptors (Lipinski definition) is 6. The minimum absolute atomic E-state index is 0.166. The van der Waals surface area contributed by atoms with Gasteiger partial charge in [-0.25, -0.2) is 0 Å². The number of carbonyl (C=O) groups is 2. The van der Waals surface area contributed by atoms with Crippen molar-refractivity contribution in [2.24, 2.45) is 11.5 Å². The normalized spacial score (nSPS) is 15.4. The Morgan fingerprint density at radius 3 is 1.32 bits per heavy atom. The minimum Gasteiger partial charge on any atom is -0.369 e. The molecule has 0 fully saturated rings. The molecule has 0 spiro atoms. The summed E-state index contributed by atoms with van der Waals surface area (Å²) in [6, 6.07) is 17.5. The van der Waals surface area contributed by atoms with Gasteiger partial charge in [-0.05, 0) is 11.1 Å². The fourth-order valence-electron chi connectivity index (χ4n) is 2.63. The predicted molar refractivity (Wildman–Crippen MR) is 100.0 cm³/mol. The fraction of sp³-hybridized carbons (Fsp3) is 0.300. The summed E-state index contributed by atoms with van der Waals surface area (Å²) >= 11 is 0. The van der Waals surface area contributed by atoms with Crippen LogP contribution in [-0.2, 0) is 32.3 Å². The van der Waals surface area contributed by atoms with E-state index in [-0.39, 0.29) is 13.2 Å². The van der Waals surface area contributed by atoms with E-state index in [2.05, 4.69) is 0 Å². The molecule has 2 unspecified atom stereocenters. The van der Waals surface area contributed by atoms with E-state index in [4.69, 9.17) is 20.9 Å². The average Bonchev–Trinajstić information content (AvgIpc) is 2.65. The maximum absolute atomic E-state index is 11.5. The van der Waals surface area contributed by atoms with Crippen LogP contribution in [0, 0.1) is 0 Å². The average molecular weight is 388 g/mol. The van der Waals surface area contributed by atoms with Gasteiger partial charge in [-0.15, -0.1) is 0 Å². The number of benzene rings is 2. The number of rotatable bonds is 11. The van der Waals surface area contributed by atoms with Gasteiger partial charge in [0.1, 0.15) is 0 Å². The Morgan fingerprint density at radius 2 is 1.04 bits per heavy atom. The lowest BCUT2D eigenvalue weighted by Gasteiger charge is -2.41. The van der Waals surface area contributed by atoms with Gasteiger partial charge in [0.2, 0.25) is 23.4 Å². The van der Waals surface area contributed by atoms with Gasteiger partial charge in [0, 0.05) is 0 Å². The monoisotopic (exact) mass is 388 g/mol. The first-order valence-corrected chi connectivity index (χ1v) is 8.61. The largest absolute Gasteiger partial charge is 0.369 e. The molecule has 0 aromatic heterocycles. The molecule has 0 saturated heterocycles. The van der Waals surface area contributed by atoms with E-state index in [0.29, 0.717) is 11.1 Å². The van der Waals surface area contributed by atoms with Gasteiger partial charge in [0.05, 0.1) is 26.1 Å². The Kier molecular flexibility index (Phi) is 7.24. The van der Waals surface area contributed by atoms with Crippen molar-refractivity contribution in [3.8, 4) is 0 Å². The summed E-state index contributed by atoms with van der Waals surface area (Å²) in [5.74, 6) is -7.11. The summed E-state index contributed by atoms with van der Waals surface area (Å²) in [6.45, 7) is -0.333. The van der Waals surface area contributed by atoms with Crippen molar-refractivity contribution in [1.82, 2.24) is 0 Å². The van der Waals surface area contributed by atoms with Crippen LogP contribution >= 0.6 is 0 Å². The van der Waals surface area contributed by atoms with Crippen LogP contribution in [0.25, 0.3) is 0 Å². The van der Waals surface area contributed by atoms with Gasteiger partial charge in [0.15, 0.2) is 0 Å². The van der Waals surface area contributed by atoms with E-state index in [1.165, 1.54) is 0 Å². The summed E-state index contributed by atoms with van der Waals surface area (Å²) in [6.07, 6.45) is -1.61. The lowest BCUT2D eigenvalue weighted by molar-refractivity contribution is -0.389. The molecular weight excluding hydrogens is 364 g/mol. The molecule has 8 heteroatoms. The van der Waals surface area contributed by atoms with Crippen molar-refractivity contribution in [3.63, 3.8) is 0 Å². The highest BCUT2D eigenvalue weighted by Crippen LogP contribution is 2.33. The molecule has 150 valence electrons. The van der Waals surface area contributed by atoms with Crippen molar-refractivity contribution < 1.29 is 29.3 Å². The first kappa shape index (κ1) is 21.5. The molecule has 8 nitrogen and oxygen atoms in total. The van der Waals surface area contributed by atoms with Crippen LogP contribution < -0.4 is 11.5 Å². The highest BCUT2D eigenvalue weighted by molar-refractivity contribution is 5.77. The number of ether oxygens (including phenoxy) is 2. The van der Waals surface area contributed by atoms with Crippen molar-refractivity contribution in [1.29, 1.82) is 0 Å². The molecule has 0 saturated carbocycles. The van der Waals surface area contributed by atoms with Crippen LogP contribution in [0.2, 0.25) is 0 Å². The number of nitrogens with two attached hydrogens (primary N) is 2. The minimum atomic E-state index is -2.60. The molecule has 0 heterocycles. The van der Waals surface area contributed by atoms with Crippen molar-refractivity contribution in [2.75, 3.05) is 0 Å². The molecular formula is C20H24N2O6. The predicted octanol–water partition coefficient (Wildman–Crippen LogP) is 0.548. The lowest BCUT2D eigenvalue weighted by atomic mass is 9.97. The summed E-state index contributed by atoms with van der Waals surface area (Å²) in [5, 5.41) is 22.0. The van der Waals surface area contributed by atoms with E-state index in [1.807, 2.05) is 0 Å². The van der Waals surface area contributed by atoms with E-state index in [0.717, 1.165) is 0 Å². The summed E-state index contributed by atoms with van der Waals surface area (Å²) in [7, 11) is 0. The van der Waals surface area contributed by atoms with Gasteiger partial charge in [0.25, 0.3) is 0 Å². The number of hydrogen-bond donors (Lipinski definition) is 4. The number of amides is 2. The maximum atomic E-state index is 11.5. The molecule has 2 atom stereocenters. The van der Waals surface area contributed by atoms with E-state index >= 15 is 0 Å². The van der Waals surface area contributed by atoms with Crippen LogP contribution in [0.15, 0.2) is 60.7 Å². The van der Waals surface area contributed by atoms with Crippen molar-refractivity contribution in [2.45, 2.75) is 37.6 Å². The standard InChI is InChI=1S/C20H24N2O6/c21-17(23)11-19(25,27-13-15-7-3-1-4-8-15)20(26,12-18(22)24)28-14-16-9-5-2-6-10-16/h1-10,25-26H,11-14H2,(H2,21,23)(H2,22,24). The third-order valence-electron chi connectivity index (χ3n) is 4.08. The molecule has 0 bridgehead atoms. The number of primary amides is 2. The molecule has 2 rings (SSSR count). The topological polar surface area (TPSA) is 145 Å². The van der Waals surface area contributed by atoms with Crippen LogP contribution in [0.1, 0.15) is 24.0 Å². The van der Waals surface area contributed by atoms with E-state index in [9.17, 15) is 19.8 Å². The van der Waals surface area contributed by atoms with Crippen molar-refractivity contribution >= 4 is 11.8 Å². The second kappa shape index (κ2) is 9.43. The molecule has 2 amide bonds. The molecule has 6 N–H and O–H groups in total. The van der Waals surface area contributed by atoms with E-state index < -0.39 is 36.2 Å². The fourth-order valence-corrected chi connectivity index (χ4v) is 2.63. The smallest absolute Gasteiger partial charge is 0.230 e. The number of aliphatic hydroxyl groups is 2. The molecule has 2 aromatic rings. The second-order valence-corrected chi connectivity index (χ2v) is 6.40. The molecule has 0 aliphatic rings. The first-order chi connectivity index (χ1) is 13.2. The SMILES string of the molecule is NC(=O)CC(O)(OCc1ccccc1)C(O)(CC(N)=O)OCc1ccccc1. The molecule has 0 aliphatic heterocycles. The zero-order chi connectivity index (χ0) is 20.6. The highest BCUT2D eigenvalue weighted by Gasteiger charge is 2.54. The van der Waals surface area contributed by atoms with Gasteiger partial charge < -0.3 is 31.2 Å². The quantitative estimate of drug-likeness (QED) is 0.414. The van der Waals surface area contributed by atoms with Gasteiger partial charge in [-0.3, -0.25) is 9.59 Å². The van der Waals surface area contributed by atoms with Gasteiger partial charge >= 0.3 is 0 Å². The zero-order valence-corrected chi connectivity index (χ0v) is 15.3. The third kappa shape index (κ3) is 5.86. The van der Waals surface area contributed by atoms with Crippen LogP contribution in [0.3, 0.4) is 0 Å². The van der Waals surface area contributed by atoms with Crippen LogP contribution in [-0.4, -0.2) is 33.6 Å². The molecule has 0 radical (unpaired) electrons. The number of carbonyl (C=O) groups excluding carboxylic acids is 2. The second-order valence-electron chi connectivity index (χ2n) is 6.40. The highest BCUT2D eigenvalue weighted by atomic mass is 16.7. The van der Waals surface area contributed by atoms with E-state index in [1.54, 1.807) is 60.7 Å². The van der Waals surface area contributed by atoms with Gasteiger partial charge in [-0.2, -0.15) is 0 Å². The Hall–Kier alpha value is -2.78. The lowest BCUT2D eigenvalue weighted by Crippen LogP contribution is -2.60. The van der Waals surface area contributed by atoms with Gasteiger partial charge in [-0.1, -0.05) is 60.7 Å². The van der Waals surface area contributed by atoms with Crippen LogP contribution in [0.4, 0.5) is 0 Å². The summed E-state index contributed by atoms with van der Waals surface area (Å²) < 4.78 is 10.9. The molecule has 2 aromatic carbocycles.